The van der Waals surface area contributed by atoms with E-state index < -0.39 is 8.24 Å². The zero-order valence-electron chi connectivity index (χ0n) is 9.57. The second-order valence-electron chi connectivity index (χ2n) is 4.15. The van der Waals surface area contributed by atoms with Gasteiger partial charge < -0.3 is 4.98 Å². The van der Waals surface area contributed by atoms with E-state index >= 15 is 0 Å². The Morgan fingerprint density at radius 1 is 1.08 bits per heavy atom. The van der Waals surface area contributed by atoms with Crippen molar-refractivity contribution in [3.05, 3.63) is 0 Å². The molecule has 0 aromatic rings. The molecule has 0 bridgehead atoms. The van der Waals surface area contributed by atoms with Crippen molar-refractivity contribution in [3.8, 4) is 0 Å². The van der Waals surface area contributed by atoms with Gasteiger partial charge in [-0.1, -0.05) is 47.1 Å². The summed E-state index contributed by atoms with van der Waals surface area (Å²) < 4.78 is 0. The third kappa shape index (κ3) is 2.33. The van der Waals surface area contributed by atoms with Gasteiger partial charge in [0, 0.05) is 0 Å². The fraction of sp³-hybridized carbons (Fsp3) is 1.00. The summed E-state index contributed by atoms with van der Waals surface area (Å²) in [4.78, 5) is 3.62. The van der Waals surface area contributed by atoms with Crippen molar-refractivity contribution in [2.45, 2.75) is 58.2 Å². The monoisotopic (exact) mass is 187 g/mol. The van der Waals surface area contributed by atoms with Crippen LogP contribution >= 0.6 is 0 Å². The second kappa shape index (κ2) is 5.03. The maximum Gasteiger partial charge on any atom is 0.128 e. The summed E-state index contributed by atoms with van der Waals surface area (Å²) in [5.74, 6) is 0. The molecule has 74 valence electrons. The van der Waals surface area contributed by atoms with Crippen molar-refractivity contribution in [1.29, 1.82) is 0 Å². The summed E-state index contributed by atoms with van der Waals surface area (Å²) in [6.07, 6.45) is 2.63. The maximum absolute atomic E-state index is 3.62. The van der Waals surface area contributed by atoms with E-state index in [1.165, 1.54) is 12.8 Å². The van der Waals surface area contributed by atoms with Crippen molar-refractivity contribution in [2.24, 2.45) is 0 Å². The Labute approximate surface area is 79.0 Å². The highest BCUT2D eigenvalue weighted by Gasteiger charge is 2.35. The van der Waals surface area contributed by atoms with Gasteiger partial charge in [0.25, 0.3) is 0 Å². The summed E-state index contributed by atoms with van der Waals surface area (Å²) in [6.45, 7) is 11.9. The number of hydrogen-bond donors (Lipinski definition) is 1. The molecule has 12 heavy (non-hydrogen) atoms. The van der Waals surface area contributed by atoms with Crippen LogP contribution in [0.3, 0.4) is 0 Å². The van der Waals surface area contributed by atoms with E-state index in [2.05, 4.69) is 46.3 Å². The van der Waals surface area contributed by atoms with Crippen LogP contribution in [0.2, 0.25) is 17.6 Å². The predicted octanol–water partition coefficient (Wildman–Crippen LogP) is 3.38. The smallest absolute Gasteiger partial charge is 0.128 e. The van der Waals surface area contributed by atoms with Crippen LogP contribution in [0.4, 0.5) is 0 Å². The third-order valence-electron chi connectivity index (χ3n) is 3.81. The molecule has 0 aliphatic carbocycles. The minimum Gasteiger partial charge on any atom is -0.340 e. The van der Waals surface area contributed by atoms with Crippen LogP contribution < -0.4 is 4.98 Å². The van der Waals surface area contributed by atoms with Crippen LogP contribution in [0, 0.1) is 0 Å². The molecule has 0 saturated carbocycles. The number of hydrogen-bond acceptors (Lipinski definition) is 1. The minimum atomic E-state index is -1.18. The van der Waals surface area contributed by atoms with E-state index in [0.29, 0.717) is 0 Å². The Hall–Kier alpha value is 0.177. The van der Waals surface area contributed by atoms with Crippen LogP contribution in [0.5, 0.6) is 0 Å². The molecule has 0 aromatic carbocycles. The summed E-state index contributed by atoms with van der Waals surface area (Å²) in [6, 6.07) is 0. The van der Waals surface area contributed by atoms with Crippen LogP contribution in [0.1, 0.15) is 40.5 Å². The topological polar surface area (TPSA) is 12.0 Å². The predicted molar refractivity (Wildman–Crippen MR) is 60.1 cm³/mol. The molecule has 0 heterocycles. The van der Waals surface area contributed by atoms with E-state index in [0.717, 1.165) is 11.1 Å². The molecule has 0 aliphatic heterocycles. The fourth-order valence-electron chi connectivity index (χ4n) is 1.83. The van der Waals surface area contributed by atoms with Gasteiger partial charge in [0.05, 0.1) is 0 Å². The molecule has 0 amide bonds. The van der Waals surface area contributed by atoms with Crippen molar-refractivity contribution in [1.82, 2.24) is 4.98 Å². The average Bonchev–Trinajstić information content (AvgIpc) is 2.13. The Morgan fingerprint density at radius 3 is 1.58 bits per heavy atom. The number of rotatable bonds is 5. The molecule has 2 heteroatoms. The average molecular weight is 187 g/mol. The molecule has 2 atom stereocenters. The van der Waals surface area contributed by atoms with Gasteiger partial charge in [-0.05, 0) is 18.1 Å². The summed E-state index contributed by atoms with van der Waals surface area (Å²) >= 11 is 0. The highest BCUT2D eigenvalue weighted by molar-refractivity contribution is 6.78. The van der Waals surface area contributed by atoms with Crippen LogP contribution in [-0.4, -0.2) is 15.3 Å². The highest BCUT2D eigenvalue weighted by Crippen LogP contribution is 2.33. The Kier molecular flexibility index (Phi) is 5.10. The van der Waals surface area contributed by atoms with Gasteiger partial charge in [-0.25, -0.2) is 0 Å². The van der Waals surface area contributed by atoms with Crippen molar-refractivity contribution < 1.29 is 0 Å². The van der Waals surface area contributed by atoms with Gasteiger partial charge >= 0.3 is 0 Å². The van der Waals surface area contributed by atoms with E-state index in [1.54, 1.807) is 0 Å². The molecular formula is C10H25NSi. The first-order valence-electron chi connectivity index (χ1n) is 5.21. The molecule has 0 aliphatic rings. The molecule has 0 fully saturated rings. The lowest BCUT2D eigenvalue weighted by atomic mass is 10.3. The quantitative estimate of drug-likeness (QED) is 0.651. The lowest BCUT2D eigenvalue weighted by Crippen LogP contribution is -2.52. The minimum absolute atomic E-state index is 0.887. The first kappa shape index (κ1) is 12.2. The maximum atomic E-state index is 3.62. The van der Waals surface area contributed by atoms with Gasteiger partial charge in [-0.3, -0.25) is 0 Å². The molecular weight excluding hydrogens is 162 g/mol. The largest absolute Gasteiger partial charge is 0.340 e. The standard InChI is InChI=1S/C10H25NSi/c1-7-9(3)12(6,11-5)10(4)8-2/h9-11H,7-8H2,1-6H3. The van der Waals surface area contributed by atoms with Gasteiger partial charge in [0.1, 0.15) is 8.24 Å². The SMILES string of the molecule is CCC(C)[Si](C)(NC)C(C)CC. The van der Waals surface area contributed by atoms with Crippen molar-refractivity contribution >= 4 is 8.24 Å². The summed E-state index contributed by atoms with van der Waals surface area (Å²) in [5.41, 5.74) is 1.77. The normalized spacial score (nSPS) is 21.5. The lowest BCUT2D eigenvalue weighted by Gasteiger charge is -2.37. The zero-order valence-corrected chi connectivity index (χ0v) is 10.6. The first-order valence-corrected chi connectivity index (χ1v) is 7.87. The van der Waals surface area contributed by atoms with Gasteiger partial charge in [-0.15, -0.1) is 0 Å². The third-order valence-corrected chi connectivity index (χ3v) is 9.80. The summed E-state index contributed by atoms with van der Waals surface area (Å²) in [5, 5.41) is 0. The first-order chi connectivity index (χ1) is 5.52. The molecule has 0 radical (unpaired) electrons. The van der Waals surface area contributed by atoms with Gasteiger partial charge in [0.2, 0.25) is 0 Å². The molecule has 1 N–H and O–H groups in total. The molecule has 0 saturated heterocycles. The van der Waals surface area contributed by atoms with Crippen LogP contribution in [-0.2, 0) is 0 Å². The molecule has 1 nitrogen and oxygen atoms in total. The number of nitrogens with one attached hydrogen (secondary N) is 1. The van der Waals surface area contributed by atoms with E-state index in [9.17, 15) is 0 Å². The van der Waals surface area contributed by atoms with Crippen molar-refractivity contribution in [2.75, 3.05) is 7.05 Å². The van der Waals surface area contributed by atoms with Crippen LogP contribution in [0.15, 0.2) is 0 Å². The Bertz CT molecular complexity index is 115. The Morgan fingerprint density at radius 2 is 1.42 bits per heavy atom. The second-order valence-corrected chi connectivity index (χ2v) is 9.19. The van der Waals surface area contributed by atoms with E-state index in [4.69, 9.17) is 0 Å². The van der Waals surface area contributed by atoms with Crippen LogP contribution in [0.25, 0.3) is 0 Å². The van der Waals surface area contributed by atoms with Gasteiger partial charge in [0.15, 0.2) is 0 Å². The zero-order chi connectivity index (χ0) is 9.78. The Balaban J connectivity index is 4.42. The molecule has 0 spiro atoms. The molecule has 0 aromatic heterocycles. The van der Waals surface area contributed by atoms with Gasteiger partial charge in [-0.2, -0.15) is 0 Å². The highest BCUT2D eigenvalue weighted by atomic mass is 28.3. The fourth-order valence-corrected chi connectivity index (χ4v) is 5.48. The van der Waals surface area contributed by atoms with E-state index in [-0.39, 0.29) is 0 Å². The van der Waals surface area contributed by atoms with Crippen molar-refractivity contribution in [3.63, 3.8) is 0 Å². The lowest BCUT2D eigenvalue weighted by molar-refractivity contribution is 0.729. The summed E-state index contributed by atoms with van der Waals surface area (Å²) in [7, 11) is 0.963. The molecule has 0 rings (SSSR count). The van der Waals surface area contributed by atoms with E-state index in [1.807, 2.05) is 0 Å². The molecule has 2 unspecified atom stereocenters.